The second-order valence-electron chi connectivity index (χ2n) is 7.95. The molecule has 1 unspecified atom stereocenters. The molecular weight excluding hydrogens is 397 g/mol. The van der Waals surface area contributed by atoms with E-state index in [2.05, 4.69) is 10.3 Å². The molecule has 5 nitrogen and oxygen atoms in total. The Labute approximate surface area is 172 Å². The van der Waals surface area contributed by atoms with Crippen molar-refractivity contribution < 1.29 is 27.4 Å². The SMILES string of the molecule is CC(NC(=O)OC(C)(C)C)c1c[nH]c2ccc(Oc3cccc(C(F)(F)F)c3)cc12. The minimum atomic E-state index is -4.44. The number of carbonyl (C=O) groups is 1. The lowest BCUT2D eigenvalue weighted by atomic mass is 10.1. The molecule has 160 valence electrons. The van der Waals surface area contributed by atoms with Crippen molar-refractivity contribution in [2.45, 2.75) is 45.5 Å². The second kappa shape index (κ2) is 7.93. The molecule has 3 aromatic rings. The van der Waals surface area contributed by atoms with Gasteiger partial charge in [0.2, 0.25) is 0 Å². The van der Waals surface area contributed by atoms with Gasteiger partial charge in [0.05, 0.1) is 11.6 Å². The summed E-state index contributed by atoms with van der Waals surface area (Å²) in [5.74, 6) is 0.466. The molecule has 1 heterocycles. The summed E-state index contributed by atoms with van der Waals surface area (Å²) < 4.78 is 49.7. The van der Waals surface area contributed by atoms with Crippen molar-refractivity contribution in [3.8, 4) is 11.5 Å². The highest BCUT2D eigenvalue weighted by atomic mass is 19.4. The van der Waals surface area contributed by atoms with Gasteiger partial charge in [0.15, 0.2) is 0 Å². The molecule has 1 amide bonds. The Morgan fingerprint density at radius 1 is 1.07 bits per heavy atom. The standard InChI is InChI=1S/C22H23F3N2O3/c1-13(27-20(28)30-21(2,3)4)18-12-26-19-9-8-16(11-17(18)19)29-15-7-5-6-14(10-15)22(23,24)25/h5-13,26H,1-4H3,(H,27,28). The molecule has 0 radical (unpaired) electrons. The molecule has 0 aliphatic carbocycles. The zero-order valence-electron chi connectivity index (χ0n) is 17.1. The summed E-state index contributed by atoms with van der Waals surface area (Å²) >= 11 is 0. The lowest BCUT2D eigenvalue weighted by molar-refractivity contribution is -0.137. The first-order chi connectivity index (χ1) is 13.9. The Balaban J connectivity index is 1.82. The molecule has 3 rings (SSSR count). The van der Waals surface area contributed by atoms with E-state index in [1.54, 1.807) is 45.2 Å². The number of H-pyrrole nitrogens is 1. The Hall–Kier alpha value is -3.16. The van der Waals surface area contributed by atoms with Crippen LogP contribution in [0.2, 0.25) is 0 Å². The van der Waals surface area contributed by atoms with Gasteiger partial charge in [-0.2, -0.15) is 13.2 Å². The van der Waals surface area contributed by atoms with Crippen LogP contribution >= 0.6 is 0 Å². The van der Waals surface area contributed by atoms with Gasteiger partial charge in [-0.25, -0.2) is 4.79 Å². The number of benzene rings is 2. The number of hydrogen-bond donors (Lipinski definition) is 2. The van der Waals surface area contributed by atoms with Gasteiger partial charge in [-0.1, -0.05) is 6.07 Å². The van der Waals surface area contributed by atoms with Crippen molar-refractivity contribution >= 4 is 17.0 Å². The number of aromatic amines is 1. The highest BCUT2D eigenvalue weighted by molar-refractivity contribution is 5.85. The van der Waals surface area contributed by atoms with Crippen LogP contribution in [0.25, 0.3) is 10.9 Å². The minimum absolute atomic E-state index is 0.0844. The van der Waals surface area contributed by atoms with Gasteiger partial charge in [-0.3, -0.25) is 0 Å². The number of rotatable bonds is 4. The summed E-state index contributed by atoms with van der Waals surface area (Å²) in [4.78, 5) is 15.2. The number of alkyl carbamates (subject to hydrolysis) is 1. The molecule has 0 aliphatic heterocycles. The van der Waals surface area contributed by atoms with Crippen LogP contribution in [0.15, 0.2) is 48.7 Å². The van der Waals surface area contributed by atoms with E-state index >= 15 is 0 Å². The van der Waals surface area contributed by atoms with Crippen molar-refractivity contribution in [1.82, 2.24) is 10.3 Å². The molecule has 0 bridgehead atoms. The zero-order valence-corrected chi connectivity index (χ0v) is 17.1. The maximum absolute atomic E-state index is 12.9. The predicted molar refractivity (Wildman–Crippen MR) is 108 cm³/mol. The average Bonchev–Trinajstić information content (AvgIpc) is 3.03. The molecule has 0 spiro atoms. The average molecular weight is 420 g/mol. The van der Waals surface area contributed by atoms with Gasteiger partial charge >= 0.3 is 12.3 Å². The number of fused-ring (bicyclic) bond motifs is 1. The molecule has 1 atom stereocenters. The molecule has 0 saturated carbocycles. The van der Waals surface area contributed by atoms with E-state index in [4.69, 9.17) is 9.47 Å². The van der Waals surface area contributed by atoms with E-state index in [-0.39, 0.29) is 11.8 Å². The Morgan fingerprint density at radius 2 is 1.77 bits per heavy atom. The highest BCUT2D eigenvalue weighted by Crippen LogP contribution is 2.34. The number of carbonyl (C=O) groups excluding carboxylic acids is 1. The Morgan fingerprint density at radius 3 is 2.43 bits per heavy atom. The van der Waals surface area contributed by atoms with Crippen LogP contribution in [0.1, 0.15) is 44.9 Å². The summed E-state index contributed by atoms with van der Waals surface area (Å²) in [5, 5.41) is 3.56. The van der Waals surface area contributed by atoms with E-state index in [0.29, 0.717) is 5.75 Å². The number of nitrogens with one attached hydrogen (secondary N) is 2. The third-order valence-electron chi connectivity index (χ3n) is 4.28. The van der Waals surface area contributed by atoms with E-state index in [9.17, 15) is 18.0 Å². The van der Waals surface area contributed by atoms with Gasteiger partial charge in [0.1, 0.15) is 17.1 Å². The first-order valence-electron chi connectivity index (χ1n) is 9.38. The smallest absolute Gasteiger partial charge is 0.416 e. The third kappa shape index (κ3) is 5.25. The predicted octanol–water partition coefficient (Wildman–Crippen LogP) is 6.56. The molecule has 2 N–H and O–H groups in total. The van der Waals surface area contributed by atoms with Crippen molar-refractivity contribution in [2.24, 2.45) is 0 Å². The fourth-order valence-electron chi connectivity index (χ4n) is 2.98. The second-order valence-corrected chi connectivity index (χ2v) is 7.95. The highest BCUT2D eigenvalue weighted by Gasteiger charge is 2.30. The van der Waals surface area contributed by atoms with Gasteiger partial charge < -0.3 is 19.8 Å². The van der Waals surface area contributed by atoms with Gasteiger partial charge in [-0.05, 0) is 69.7 Å². The third-order valence-corrected chi connectivity index (χ3v) is 4.28. The van der Waals surface area contributed by atoms with Crippen LogP contribution in [-0.2, 0) is 10.9 Å². The van der Waals surface area contributed by atoms with Gasteiger partial charge in [0, 0.05) is 17.1 Å². The van der Waals surface area contributed by atoms with Gasteiger partial charge in [-0.15, -0.1) is 0 Å². The summed E-state index contributed by atoms with van der Waals surface area (Å²) in [6, 6.07) is 9.48. The van der Waals surface area contributed by atoms with Crippen LogP contribution in [0, 0.1) is 0 Å². The maximum atomic E-state index is 12.9. The first-order valence-corrected chi connectivity index (χ1v) is 9.38. The summed E-state index contributed by atoms with van der Waals surface area (Å²) in [6.07, 6.45) is -3.22. The maximum Gasteiger partial charge on any atom is 0.416 e. The Bertz CT molecular complexity index is 1050. The summed E-state index contributed by atoms with van der Waals surface area (Å²) in [6.45, 7) is 7.15. The van der Waals surface area contributed by atoms with Gasteiger partial charge in [0.25, 0.3) is 0 Å². The van der Waals surface area contributed by atoms with Crippen molar-refractivity contribution in [3.05, 3.63) is 59.8 Å². The number of alkyl halides is 3. The number of hydrogen-bond acceptors (Lipinski definition) is 3. The molecule has 30 heavy (non-hydrogen) atoms. The number of halogens is 3. The summed E-state index contributed by atoms with van der Waals surface area (Å²) in [7, 11) is 0. The molecule has 2 aromatic carbocycles. The Kier molecular flexibility index (Phi) is 5.70. The molecule has 0 saturated heterocycles. The first kappa shape index (κ1) is 21.5. The fourth-order valence-corrected chi connectivity index (χ4v) is 2.98. The summed E-state index contributed by atoms with van der Waals surface area (Å²) in [5.41, 5.74) is 0.207. The van der Waals surface area contributed by atoms with Crippen LogP contribution in [0.3, 0.4) is 0 Å². The van der Waals surface area contributed by atoms with Crippen molar-refractivity contribution in [3.63, 3.8) is 0 Å². The molecule has 0 fully saturated rings. The van der Waals surface area contributed by atoms with Crippen LogP contribution in [-0.4, -0.2) is 16.7 Å². The molecule has 1 aromatic heterocycles. The van der Waals surface area contributed by atoms with E-state index in [1.807, 2.05) is 6.92 Å². The zero-order chi connectivity index (χ0) is 22.1. The minimum Gasteiger partial charge on any atom is -0.457 e. The van der Waals surface area contributed by atoms with E-state index in [1.165, 1.54) is 12.1 Å². The quantitative estimate of drug-likeness (QED) is 0.502. The lowest BCUT2D eigenvalue weighted by Crippen LogP contribution is -2.33. The number of ether oxygens (including phenoxy) is 2. The van der Waals surface area contributed by atoms with Crippen LogP contribution < -0.4 is 10.1 Å². The fraction of sp³-hybridized carbons (Fsp3) is 0.318. The molecule has 8 heteroatoms. The largest absolute Gasteiger partial charge is 0.457 e. The lowest BCUT2D eigenvalue weighted by Gasteiger charge is -2.22. The topological polar surface area (TPSA) is 63.3 Å². The van der Waals surface area contributed by atoms with E-state index in [0.717, 1.165) is 28.6 Å². The molecular formula is C22H23F3N2O3. The van der Waals surface area contributed by atoms with Crippen LogP contribution in [0.5, 0.6) is 11.5 Å². The van der Waals surface area contributed by atoms with Crippen molar-refractivity contribution in [2.75, 3.05) is 0 Å². The van der Waals surface area contributed by atoms with E-state index < -0.39 is 23.4 Å². The monoisotopic (exact) mass is 420 g/mol. The number of amides is 1. The van der Waals surface area contributed by atoms with Crippen molar-refractivity contribution in [1.29, 1.82) is 0 Å². The molecule has 0 aliphatic rings. The number of aromatic nitrogens is 1. The van der Waals surface area contributed by atoms with Crippen LogP contribution in [0.4, 0.5) is 18.0 Å². The normalized spacial score (nSPS) is 13.2.